The van der Waals surface area contributed by atoms with E-state index in [0.717, 1.165) is 42.1 Å². The van der Waals surface area contributed by atoms with Crippen molar-refractivity contribution in [1.29, 1.82) is 0 Å². The molecule has 162 valence electrons. The molecule has 1 saturated heterocycles. The lowest BCUT2D eigenvalue weighted by molar-refractivity contribution is -0.122. The molecule has 4 rings (SSSR count). The molecule has 1 amide bonds. The maximum Gasteiger partial charge on any atom is 0.240 e. The van der Waals surface area contributed by atoms with Crippen molar-refractivity contribution in [3.8, 4) is 5.75 Å². The number of nitrogens with zero attached hydrogens (tertiary/aromatic N) is 2. The smallest absolute Gasteiger partial charge is 0.240 e. The summed E-state index contributed by atoms with van der Waals surface area (Å²) in [6, 6.07) is 17.8. The van der Waals surface area contributed by atoms with Gasteiger partial charge in [-0.05, 0) is 49.7 Å². The maximum absolute atomic E-state index is 12.8. The maximum atomic E-state index is 12.8. The minimum absolute atomic E-state index is 0. The summed E-state index contributed by atoms with van der Waals surface area (Å²) in [4.78, 5) is 17.5. The van der Waals surface area contributed by atoms with E-state index < -0.39 is 0 Å². The van der Waals surface area contributed by atoms with E-state index in [1.807, 2.05) is 59.2 Å². The van der Waals surface area contributed by atoms with Crippen LogP contribution in [-0.2, 0) is 17.9 Å². The van der Waals surface area contributed by atoms with Crippen LogP contribution in [0.2, 0.25) is 0 Å². The number of hydrogen-bond acceptors (Lipinski definition) is 4. The number of imidazole rings is 1. The van der Waals surface area contributed by atoms with E-state index in [4.69, 9.17) is 9.72 Å². The van der Waals surface area contributed by atoms with Crippen molar-refractivity contribution in [2.24, 2.45) is 5.92 Å². The largest absolute Gasteiger partial charge is 0.486 e. The van der Waals surface area contributed by atoms with E-state index in [1.165, 1.54) is 0 Å². The van der Waals surface area contributed by atoms with Crippen LogP contribution >= 0.6 is 24.8 Å². The number of carbonyl (C=O) groups is 1. The Labute approximate surface area is 189 Å². The van der Waals surface area contributed by atoms with Crippen LogP contribution in [0.5, 0.6) is 5.75 Å². The second kappa shape index (κ2) is 11.2. The van der Waals surface area contributed by atoms with Crippen molar-refractivity contribution in [2.75, 3.05) is 13.1 Å². The van der Waals surface area contributed by atoms with Crippen molar-refractivity contribution >= 4 is 41.8 Å². The van der Waals surface area contributed by atoms with Gasteiger partial charge in [-0.2, -0.15) is 0 Å². The molecule has 2 heterocycles. The third-order valence-corrected chi connectivity index (χ3v) is 5.28. The summed E-state index contributed by atoms with van der Waals surface area (Å²) < 4.78 is 7.85. The first kappa shape index (κ1) is 24.0. The lowest BCUT2D eigenvalue weighted by Crippen LogP contribution is -2.49. The van der Waals surface area contributed by atoms with Crippen molar-refractivity contribution < 1.29 is 9.53 Å². The van der Waals surface area contributed by atoms with Gasteiger partial charge in [0.1, 0.15) is 24.7 Å². The van der Waals surface area contributed by atoms with E-state index in [0.29, 0.717) is 12.5 Å². The summed E-state index contributed by atoms with van der Waals surface area (Å²) in [7, 11) is 0. The SMILES string of the molecule is CC1CNCCC1NC(=O)Cn1c(COc2ccccc2)nc2ccccc21.Cl.Cl. The number of para-hydroxylation sites is 3. The molecule has 0 bridgehead atoms. The molecule has 0 aliphatic carbocycles. The Hall–Kier alpha value is -2.28. The zero-order valence-corrected chi connectivity index (χ0v) is 18.5. The average molecular weight is 451 g/mol. The number of piperidine rings is 1. The zero-order chi connectivity index (χ0) is 19.3. The number of nitrogens with one attached hydrogen (secondary N) is 2. The van der Waals surface area contributed by atoms with Gasteiger partial charge < -0.3 is 19.9 Å². The molecule has 1 aliphatic rings. The third-order valence-electron chi connectivity index (χ3n) is 5.28. The van der Waals surface area contributed by atoms with Crippen LogP contribution < -0.4 is 15.4 Å². The van der Waals surface area contributed by atoms with Gasteiger partial charge >= 0.3 is 0 Å². The van der Waals surface area contributed by atoms with Crippen molar-refractivity contribution in [3.63, 3.8) is 0 Å². The molecular weight excluding hydrogens is 423 g/mol. The van der Waals surface area contributed by atoms with Gasteiger partial charge in [-0.3, -0.25) is 4.79 Å². The van der Waals surface area contributed by atoms with Crippen LogP contribution in [-0.4, -0.2) is 34.6 Å². The minimum atomic E-state index is 0. The van der Waals surface area contributed by atoms with Gasteiger partial charge in [0.05, 0.1) is 11.0 Å². The van der Waals surface area contributed by atoms with E-state index >= 15 is 0 Å². The van der Waals surface area contributed by atoms with Crippen molar-refractivity contribution in [3.05, 3.63) is 60.4 Å². The Bertz CT molecular complexity index is 949. The van der Waals surface area contributed by atoms with E-state index in [2.05, 4.69) is 17.6 Å². The molecule has 1 aromatic heterocycles. The Morgan fingerprint density at radius 1 is 1.17 bits per heavy atom. The zero-order valence-electron chi connectivity index (χ0n) is 16.9. The summed E-state index contributed by atoms with van der Waals surface area (Å²) in [5.41, 5.74) is 1.82. The highest BCUT2D eigenvalue weighted by molar-refractivity contribution is 5.85. The fraction of sp³-hybridized carbons (Fsp3) is 0.364. The number of halogens is 2. The first-order valence-corrected chi connectivity index (χ1v) is 9.83. The fourth-order valence-corrected chi connectivity index (χ4v) is 3.70. The molecule has 3 aromatic rings. The summed E-state index contributed by atoms with van der Waals surface area (Å²) in [6.07, 6.45) is 0.960. The Kier molecular flexibility index (Phi) is 8.96. The normalized spacial score (nSPS) is 18.2. The van der Waals surface area contributed by atoms with Crippen LogP contribution in [0.3, 0.4) is 0 Å². The molecule has 2 aromatic carbocycles. The number of amides is 1. The fourth-order valence-electron chi connectivity index (χ4n) is 3.70. The number of carbonyl (C=O) groups excluding carboxylic acids is 1. The van der Waals surface area contributed by atoms with Gasteiger partial charge in [-0.15, -0.1) is 24.8 Å². The lowest BCUT2D eigenvalue weighted by atomic mass is 9.95. The molecule has 0 spiro atoms. The predicted molar refractivity (Wildman–Crippen MR) is 124 cm³/mol. The molecule has 1 aliphatic heterocycles. The number of fused-ring (bicyclic) bond motifs is 1. The van der Waals surface area contributed by atoms with Crippen LogP contribution in [0.25, 0.3) is 11.0 Å². The Morgan fingerprint density at radius 3 is 2.67 bits per heavy atom. The molecule has 2 atom stereocenters. The molecular formula is C22H28Cl2N4O2. The molecule has 1 fully saturated rings. The summed E-state index contributed by atoms with van der Waals surface area (Å²) in [5, 5.41) is 6.57. The standard InChI is InChI=1S/C22H26N4O2.2ClH/c1-16-13-23-12-11-18(16)25-22(27)14-26-20-10-6-5-9-19(20)24-21(26)15-28-17-7-3-2-4-8-17;;/h2-10,16,18,23H,11-15H2,1H3,(H,25,27);2*1H. The molecule has 0 radical (unpaired) electrons. The van der Waals surface area contributed by atoms with Crippen LogP contribution in [0.1, 0.15) is 19.2 Å². The Balaban J connectivity index is 0.00000160. The second-order valence-electron chi connectivity index (χ2n) is 7.35. The third kappa shape index (κ3) is 5.65. The molecule has 0 saturated carbocycles. The van der Waals surface area contributed by atoms with E-state index in [1.54, 1.807) is 0 Å². The van der Waals surface area contributed by atoms with Crippen molar-refractivity contribution in [1.82, 2.24) is 20.2 Å². The lowest BCUT2D eigenvalue weighted by Gasteiger charge is -2.30. The van der Waals surface area contributed by atoms with Gasteiger partial charge in [0, 0.05) is 6.04 Å². The number of aromatic nitrogens is 2. The molecule has 30 heavy (non-hydrogen) atoms. The number of hydrogen-bond donors (Lipinski definition) is 2. The first-order chi connectivity index (χ1) is 13.7. The molecule has 2 N–H and O–H groups in total. The highest BCUT2D eigenvalue weighted by Gasteiger charge is 2.23. The summed E-state index contributed by atoms with van der Waals surface area (Å²) in [5.74, 6) is 1.98. The van der Waals surface area contributed by atoms with Crippen LogP contribution in [0.15, 0.2) is 54.6 Å². The molecule has 8 heteroatoms. The van der Waals surface area contributed by atoms with Crippen LogP contribution in [0.4, 0.5) is 0 Å². The minimum Gasteiger partial charge on any atom is -0.486 e. The number of benzene rings is 2. The summed E-state index contributed by atoms with van der Waals surface area (Å²) in [6.45, 7) is 4.61. The topological polar surface area (TPSA) is 68.2 Å². The monoisotopic (exact) mass is 450 g/mol. The predicted octanol–water partition coefficient (Wildman–Crippen LogP) is 3.57. The van der Waals surface area contributed by atoms with E-state index in [-0.39, 0.29) is 43.3 Å². The average Bonchev–Trinajstić information content (AvgIpc) is 3.06. The highest BCUT2D eigenvalue weighted by Crippen LogP contribution is 2.19. The second-order valence-corrected chi connectivity index (χ2v) is 7.35. The summed E-state index contributed by atoms with van der Waals surface area (Å²) >= 11 is 0. The quantitative estimate of drug-likeness (QED) is 0.602. The number of rotatable bonds is 6. The van der Waals surface area contributed by atoms with Gasteiger partial charge in [-0.1, -0.05) is 37.3 Å². The highest BCUT2D eigenvalue weighted by atomic mass is 35.5. The number of ether oxygens (including phenoxy) is 1. The van der Waals surface area contributed by atoms with E-state index in [9.17, 15) is 4.79 Å². The van der Waals surface area contributed by atoms with Crippen molar-refractivity contribution in [2.45, 2.75) is 32.5 Å². The van der Waals surface area contributed by atoms with Gasteiger partial charge in [0.25, 0.3) is 0 Å². The van der Waals surface area contributed by atoms with Gasteiger partial charge in [0.15, 0.2) is 0 Å². The molecule has 6 nitrogen and oxygen atoms in total. The Morgan fingerprint density at radius 2 is 1.90 bits per heavy atom. The van der Waals surface area contributed by atoms with Gasteiger partial charge in [-0.25, -0.2) is 4.98 Å². The van der Waals surface area contributed by atoms with Crippen LogP contribution in [0, 0.1) is 5.92 Å². The van der Waals surface area contributed by atoms with Gasteiger partial charge in [0.2, 0.25) is 5.91 Å². The molecule has 2 unspecified atom stereocenters. The first-order valence-electron chi connectivity index (χ1n) is 9.83.